The van der Waals surface area contributed by atoms with Gasteiger partial charge in [0, 0.05) is 17.3 Å². The summed E-state index contributed by atoms with van der Waals surface area (Å²) in [5.74, 6) is -1.24. The topological polar surface area (TPSA) is 66.5 Å². The number of amides is 2. The van der Waals surface area contributed by atoms with Crippen LogP contribution in [0.4, 0.5) is 10.1 Å². The zero-order valence-corrected chi connectivity index (χ0v) is 15.4. The second-order valence-electron chi connectivity index (χ2n) is 5.99. The molecule has 1 fully saturated rings. The van der Waals surface area contributed by atoms with Gasteiger partial charge in [-0.2, -0.15) is 0 Å². The molecular weight excluding hydrogens is 367 g/mol. The lowest BCUT2D eigenvalue weighted by atomic mass is 10.1. The number of nitrogens with zero attached hydrogens (tertiary/aromatic N) is 1. The number of nitrogens with one attached hydrogen (secondary N) is 1. The minimum absolute atomic E-state index is 0.167. The first-order valence-corrected chi connectivity index (χ1v) is 9.23. The highest BCUT2D eigenvalue weighted by Crippen LogP contribution is 2.29. The van der Waals surface area contributed by atoms with E-state index in [0.717, 1.165) is 5.56 Å². The quantitative estimate of drug-likeness (QED) is 0.634. The summed E-state index contributed by atoms with van der Waals surface area (Å²) in [5.41, 5.74) is 1.69. The second-order valence-corrected chi connectivity index (χ2v) is 6.98. The molecule has 3 rings (SSSR count). The van der Waals surface area contributed by atoms with E-state index in [2.05, 4.69) is 5.32 Å². The van der Waals surface area contributed by atoms with E-state index in [1.165, 1.54) is 40.9 Å². The monoisotopic (exact) mass is 384 g/mol. The molecule has 27 heavy (non-hydrogen) atoms. The maximum atomic E-state index is 13.2. The van der Waals surface area contributed by atoms with Crippen molar-refractivity contribution >= 4 is 35.0 Å². The molecule has 2 aromatic rings. The summed E-state index contributed by atoms with van der Waals surface area (Å²) in [6.07, 6.45) is 1.38. The lowest BCUT2D eigenvalue weighted by Gasteiger charge is -2.16. The van der Waals surface area contributed by atoms with Crippen LogP contribution in [0.25, 0.3) is 0 Å². The highest BCUT2D eigenvalue weighted by molar-refractivity contribution is 8.04. The van der Waals surface area contributed by atoms with E-state index >= 15 is 0 Å². The highest BCUT2D eigenvalue weighted by Gasteiger charge is 2.29. The number of ketones is 1. The Hall–Kier alpha value is -2.93. The van der Waals surface area contributed by atoms with Crippen LogP contribution in [-0.4, -0.2) is 34.8 Å². The van der Waals surface area contributed by atoms with Gasteiger partial charge in [-0.3, -0.25) is 19.3 Å². The Morgan fingerprint density at radius 2 is 2.00 bits per heavy atom. The van der Waals surface area contributed by atoms with Crippen LogP contribution in [0.15, 0.2) is 59.6 Å². The van der Waals surface area contributed by atoms with Gasteiger partial charge in [0.05, 0.1) is 10.8 Å². The zero-order chi connectivity index (χ0) is 19.4. The third-order valence-corrected chi connectivity index (χ3v) is 5.01. The Morgan fingerprint density at radius 1 is 1.22 bits per heavy atom. The van der Waals surface area contributed by atoms with Gasteiger partial charge in [0.25, 0.3) is 0 Å². The molecule has 0 saturated carbocycles. The van der Waals surface area contributed by atoms with E-state index in [1.54, 1.807) is 18.2 Å². The third-order valence-electron chi connectivity index (χ3n) is 3.99. The van der Waals surface area contributed by atoms with Crippen molar-refractivity contribution in [2.24, 2.45) is 0 Å². The molecule has 2 amide bonds. The number of halogens is 1. The molecule has 1 aliphatic rings. The Balaban J connectivity index is 1.73. The number of aryl methyl sites for hydroxylation is 1. The Morgan fingerprint density at radius 3 is 2.74 bits per heavy atom. The molecule has 1 N–H and O–H groups in total. The van der Waals surface area contributed by atoms with Crippen LogP contribution in [0.3, 0.4) is 0 Å². The minimum atomic E-state index is -0.468. The fraction of sp³-hybridized carbons (Fsp3) is 0.150. The molecule has 138 valence electrons. The van der Waals surface area contributed by atoms with E-state index < -0.39 is 11.7 Å². The highest BCUT2D eigenvalue weighted by atomic mass is 32.2. The molecule has 2 aromatic carbocycles. The smallest absolute Gasteiger partial charge is 0.244 e. The van der Waals surface area contributed by atoms with E-state index in [9.17, 15) is 18.8 Å². The van der Waals surface area contributed by atoms with E-state index in [-0.39, 0.29) is 24.0 Å². The molecule has 0 spiro atoms. The molecule has 0 aromatic heterocycles. The van der Waals surface area contributed by atoms with Crippen molar-refractivity contribution in [3.63, 3.8) is 0 Å². The number of hydrogen-bond donors (Lipinski definition) is 1. The molecule has 1 saturated heterocycles. The first kappa shape index (κ1) is 18.8. The fourth-order valence-corrected chi connectivity index (χ4v) is 3.59. The fourth-order valence-electron chi connectivity index (χ4n) is 2.65. The Bertz CT molecular complexity index is 942. The van der Waals surface area contributed by atoms with Crippen LogP contribution in [0.1, 0.15) is 15.9 Å². The van der Waals surface area contributed by atoms with Crippen molar-refractivity contribution in [3.05, 3.63) is 76.6 Å². The van der Waals surface area contributed by atoms with Gasteiger partial charge in [-0.25, -0.2) is 4.39 Å². The van der Waals surface area contributed by atoms with Gasteiger partial charge in [0.1, 0.15) is 12.4 Å². The summed E-state index contributed by atoms with van der Waals surface area (Å²) in [6.45, 7) is 1.60. The molecule has 0 radical (unpaired) electrons. The van der Waals surface area contributed by atoms with Crippen molar-refractivity contribution < 1.29 is 18.8 Å². The average molecular weight is 384 g/mol. The second kappa shape index (κ2) is 8.18. The van der Waals surface area contributed by atoms with Gasteiger partial charge >= 0.3 is 0 Å². The molecule has 0 aliphatic carbocycles. The van der Waals surface area contributed by atoms with Crippen LogP contribution in [0, 0.1) is 12.7 Å². The molecule has 0 unspecified atom stereocenters. The Kier molecular flexibility index (Phi) is 5.71. The summed E-state index contributed by atoms with van der Waals surface area (Å²) in [6, 6.07) is 12.7. The largest absolute Gasteiger partial charge is 0.324 e. The maximum absolute atomic E-state index is 13.2. The van der Waals surface area contributed by atoms with E-state index in [0.29, 0.717) is 16.3 Å². The molecule has 0 bridgehead atoms. The molecule has 0 atom stereocenters. The van der Waals surface area contributed by atoms with E-state index in [1.807, 2.05) is 19.1 Å². The molecule has 7 heteroatoms. The number of thioether (sulfide) groups is 1. The summed E-state index contributed by atoms with van der Waals surface area (Å²) < 4.78 is 13.2. The van der Waals surface area contributed by atoms with Crippen LogP contribution in [0.5, 0.6) is 0 Å². The SMILES string of the molecule is Cc1ccccc1C(=O)/C=C1\SCC(=O)N1CC(=O)Nc1cccc(F)c1. The Labute approximate surface area is 160 Å². The normalized spacial score (nSPS) is 15.3. The molecule has 5 nitrogen and oxygen atoms in total. The van der Waals surface area contributed by atoms with Gasteiger partial charge < -0.3 is 5.32 Å². The number of carbonyl (C=O) groups excluding carboxylic acids is 3. The molecule has 1 aliphatic heterocycles. The van der Waals surface area contributed by atoms with Gasteiger partial charge in [-0.15, -0.1) is 0 Å². The van der Waals surface area contributed by atoms with Crippen molar-refractivity contribution in [2.75, 3.05) is 17.6 Å². The van der Waals surface area contributed by atoms with Gasteiger partial charge in [0.15, 0.2) is 5.78 Å². The third kappa shape index (κ3) is 4.62. The van der Waals surface area contributed by atoms with Gasteiger partial charge in [-0.1, -0.05) is 42.1 Å². The average Bonchev–Trinajstić information content (AvgIpc) is 2.95. The van der Waals surface area contributed by atoms with Gasteiger partial charge in [-0.05, 0) is 30.7 Å². The van der Waals surface area contributed by atoms with Crippen LogP contribution in [0.2, 0.25) is 0 Å². The predicted octanol–water partition coefficient (Wildman–Crippen LogP) is 3.37. The lowest BCUT2D eigenvalue weighted by molar-refractivity contribution is -0.129. The number of allylic oxidation sites excluding steroid dienone is 1. The van der Waals surface area contributed by atoms with Crippen molar-refractivity contribution in [1.82, 2.24) is 4.90 Å². The molecular formula is C20H17FN2O3S. The van der Waals surface area contributed by atoms with Crippen LogP contribution in [-0.2, 0) is 9.59 Å². The van der Waals surface area contributed by atoms with Crippen molar-refractivity contribution in [3.8, 4) is 0 Å². The summed E-state index contributed by atoms with van der Waals surface area (Å²) in [4.78, 5) is 38.1. The lowest BCUT2D eigenvalue weighted by Crippen LogP contribution is -2.34. The summed E-state index contributed by atoms with van der Waals surface area (Å²) in [7, 11) is 0. The van der Waals surface area contributed by atoms with Gasteiger partial charge in [0.2, 0.25) is 11.8 Å². The maximum Gasteiger partial charge on any atom is 0.244 e. The standard InChI is InChI=1S/C20H17FN2O3S/c1-13-5-2-3-8-16(13)17(24)10-20-23(19(26)12-27-20)11-18(25)22-15-7-4-6-14(21)9-15/h2-10H,11-12H2,1H3,(H,22,25)/b20-10-. The molecule has 1 heterocycles. The number of hydrogen-bond acceptors (Lipinski definition) is 4. The first-order valence-electron chi connectivity index (χ1n) is 8.24. The van der Waals surface area contributed by atoms with Crippen LogP contribution < -0.4 is 5.32 Å². The van der Waals surface area contributed by atoms with E-state index in [4.69, 9.17) is 0 Å². The number of carbonyl (C=O) groups is 3. The van der Waals surface area contributed by atoms with Crippen LogP contribution >= 0.6 is 11.8 Å². The van der Waals surface area contributed by atoms with Crippen molar-refractivity contribution in [1.29, 1.82) is 0 Å². The number of rotatable bonds is 5. The summed E-state index contributed by atoms with van der Waals surface area (Å²) >= 11 is 1.21. The zero-order valence-electron chi connectivity index (χ0n) is 14.6. The predicted molar refractivity (Wildman–Crippen MR) is 103 cm³/mol. The van der Waals surface area contributed by atoms with Crippen molar-refractivity contribution in [2.45, 2.75) is 6.92 Å². The minimum Gasteiger partial charge on any atom is -0.324 e. The number of benzene rings is 2. The first-order chi connectivity index (χ1) is 12.9. The summed E-state index contributed by atoms with van der Waals surface area (Å²) in [5, 5.41) is 2.98. The number of anilines is 1.